The van der Waals surface area contributed by atoms with E-state index < -0.39 is 11.7 Å². The van der Waals surface area contributed by atoms with E-state index in [4.69, 9.17) is 15.2 Å². The maximum atomic E-state index is 14.1. The van der Waals surface area contributed by atoms with Crippen LogP contribution in [0.15, 0.2) is 42.2 Å². The molecule has 32 heavy (non-hydrogen) atoms. The number of H-pyrrole nitrogens is 1. The molecule has 3 aromatic rings. The zero-order chi connectivity index (χ0) is 22.0. The predicted molar refractivity (Wildman–Crippen MR) is 126 cm³/mol. The highest BCUT2D eigenvalue weighted by molar-refractivity contribution is 5.98. The van der Waals surface area contributed by atoms with Crippen molar-refractivity contribution in [3.05, 3.63) is 64.7 Å². The summed E-state index contributed by atoms with van der Waals surface area (Å²) in [5.41, 5.74) is 9.30. The highest BCUT2D eigenvalue weighted by Crippen LogP contribution is 2.33. The van der Waals surface area contributed by atoms with Gasteiger partial charge in [0, 0.05) is 30.2 Å². The average molecular weight is 460 g/mol. The Morgan fingerprint density at radius 1 is 1.31 bits per heavy atom. The number of hydrogen-bond donors (Lipinski definition) is 2. The van der Waals surface area contributed by atoms with Gasteiger partial charge in [-0.2, -0.15) is 0 Å². The topological polar surface area (TPSA) is 80.6 Å². The minimum atomic E-state index is -0.602. The molecule has 170 valence electrons. The van der Waals surface area contributed by atoms with Gasteiger partial charge in [0.25, 0.3) is 0 Å². The van der Waals surface area contributed by atoms with E-state index in [2.05, 4.69) is 22.9 Å². The van der Waals surface area contributed by atoms with E-state index in [0.717, 1.165) is 48.3 Å². The van der Waals surface area contributed by atoms with E-state index in [-0.39, 0.29) is 30.3 Å². The third-order valence-corrected chi connectivity index (χ3v) is 5.73. The lowest BCUT2D eigenvalue weighted by Crippen LogP contribution is -2.29. The molecule has 6 nitrogen and oxygen atoms in total. The van der Waals surface area contributed by atoms with Crippen molar-refractivity contribution < 1.29 is 18.7 Å². The standard InChI is InChI=1S/C24H26FN3O3.ClH/c1-3-28(11-5-6-15-13-27-22-17(15)7-4-8-21(22)30-2)16-12-19-18(24(26)29)9-10-20(25)23(19)31-14-16;/h4,7-10,12-13,27H,3,5-6,11,14H2,1-2H3,(H2,26,29);1H. The quantitative estimate of drug-likeness (QED) is 0.518. The highest BCUT2D eigenvalue weighted by atomic mass is 35.5. The van der Waals surface area contributed by atoms with Crippen LogP contribution in [0.3, 0.4) is 0 Å². The number of primary amides is 1. The molecule has 1 aliphatic rings. The zero-order valence-electron chi connectivity index (χ0n) is 18.1. The molecule has 0 saturated carbocycles. The van der Waals surface area contributed by atoms with Crippen LogP contribution < -0.4 is 15.2 Å². The van der Waals surface area contributed by atoms with Gasteiger partial charge >= 0.3 is 0 Å². The molecule has 1 aromatic heterocycles. The molecule has 0 fully saturated rings. The van der Waals surface area contributed by atoms with Crippen molar-refractivity contribution in [1.82, 2.24) is 9.88 Å². The molecule has 0 unspecified atom stereocenters. The fourth-order valence-electron chi connectivity index (χ4n) is 4.14. The maximum Gasteiger partial charge on any atom is 0.249 e. The Hall–Kier alpha value is -3.19. The summed E-state index contributed by atoms with van der Waals surface area (Å²) in [6.45, 7) is 3.89. The van der Waals surface area contributed by atoms with E-state index >= 15 is 0 Å². The normalized spacial score (nSPS) is 12.4. The van der Waals surface area contributed by atoms with E-state index in [1.807, 2.05) is 24.4 Å². The molecular weight excluding hydrogens is 433 g/mol. The molecule has 0 radical (unpaired) electrons. The number of nitrogens with zero attached hydrogens (tertiary/aromatic N) is 1. The second-order valence-electron chi connectivity index (χ2n) is 7.51. The van der Waals surface area contributed by atoms with Crippen LogP contribution in [0, 0.1) is 5.82 Å². The number of amides is 1. The van der Waals surface area contributed by atoms with Crippen LogP contribution in [0.25, 0.3) is 17.0 Å². The van der Waals surface area contributed by atoms with Crippen LogP contribution in [0.1, 0.15) is 34.8 Å². The number of methoxy groups -OCH3 is 1. The van der Waals surface area contributed by atoms with E-state index in [9.17, 15) is 9.18 Å². The number of para-hydroxylation sites is 1. The molecule has 3 N–H and O–H groups in total. The van der Waals surface area contributed by atoms with Gasteiger partial charge in [-0.25, -0.2) is 4.39 Å². The monoisotopic (exact) mass is 459 g/mol. The number of benzene rings is 2. The lowest BCUT2D eigenvalue weighted by Gasteiger charge is -2.29. The van der Waals surface area contributed by atoms with E-state index in [1.165, 1.54) is 17.7 Å². The van der Waals surface area contributed by atoms with Crippen LogP contribution in [0.5, 0.6) is 11.5 Å². The summed E-state index contributed by atoms with van der Waals surface area (Å²) < 4.78 is 25.2. The van der Waals surface area contributed by atoms with Crippen molar-refractivity contribution in [2.24, 2.45) is 5.73 Å². The van der Waals surface area contributed by atoms with Crippen LogP contribution in [-0.2, 0) is 6.42 Å². The Labute approximate surface area is 192 Å². The van der Waals surface area contributed by atoms with Crippen molar-refractivity contribution in [2.75, 3.05) is 26.8 Å². The van der Waals surface area contributed by atoms with Crippen LogP contribution >= 0.6 is 12.4 Å². The first-order valence-corrected chi connectivity index (χ1v) is 10.4. The third-order valence-electron chi connectivity index (χ3n) is 5.73. The second kappa shape index (κ2) is 9.96. The smallest absolute Gasteiger partial charge is 0.249 e. The third kappa shape index (κ3) is 4.39. The van der Waals surface area contributed by atoms with Gasteiger partial charge in [-0.05, 0) is 49.6 Å². The van der Waals surface area contributed by atoms with Crippen molar-refractivity contribution in [3.63, 3.8) is 0 Å². The highest BCUT2D eigenvalue weighted by Gasteiger charge is 2.23. The number of carbonyl (C=O) groups excluding carboxylic acids is 1. The van der Waals surface area contributed by atoms with Gasteiger partial charge in [0.2, 0.25) is 5.91 Å². The van der Waals surface area contributed by atoms with Gasteiger partial charge in [-0.3, -0.25) is 4.79 Å². The number of nitrogens with one attached hydrogen (secondary N) is 1. The van der Waals surface area contributed by atoms with Gasteiger partial charge in [0.1, 0.15) is 12.4 Å². The second-order valence-corrected chi connectivity index (χ2v) is 7.51. The predicted octanol–water partition coefficient (Wildman–Crippen LogP) is 4.52. The van der Waals surface area contributed by atoms with Gasteiger partial charge < -0.3 is 25.1 Å². The Morgan fingerprint density at radius 3 is 2.84 bits per heavy atom. The number of ether oxygens (including phenoxy) is 2. The van der Waals surface area contributed by atoms with Crippen molar-refractivity contribution in [1.29, 1.82) is 0 Å². The van der Waals surface area contributed by atoms with Crippen LogP contribution in [0.2, 0.25) is 0 Å². The molecule has 2 aromatic carbocycles. The number of likely N-dealkylation sites (N-methyl/N-ethyl adjacent to an activating group) is 1. The van der Waals surface area contributed by atoms with Crippen molar-refractivity contribution >= 4 is 35.3 Å². The first-order chi connectivity index (χ1) is 15.0. The summed E-state index contributed by atoms with van der Waals surface area (Å²) in [6, 6.07) is 8.65. The Kier molecular flexibility index (Phi) is 7.30. The molecule has 4 rings (SSSR count). The molecule has 2 heterocycles. The molecule has 1 aliphatic heterocycles. The molecule has 0 saturated heterocycles. The summed E-state index contributed by atoms with van der Waals surface area (Å²) in [5.74, 6) is -0.174. The van der Waals surface area contributed by atoms with Crippen LogP contribution in [-0.4, -0.2) is 42.6 Å². The summed E-state index contributed by atoms with van der Waals surface area (Å²) in [6.07, 6.45) is 5.68. The largest absolute Gasteiger partial charge is 0.495 e. The summed E-state index contributed by atoms with van der Waals surface area (Å²) in [7, 11) is 1.67. The minimum Gasteiger partial charge on any atom is -0.495 e. The number of aryl methyl sites for hydroxylation is 1. The molecule has 1 amide bonds. The Balaban J connectivity index is 0.00000289. The number of rotatable bonds is 8. The minimum absolute atomic E-state index is 0. The number of aromatic amines is 1. The SMILES string of the molecule is CCN(CCCc1c[nH]c2c(OC)cccc12)C1=Cc2c(C(N)=O)ccc(F)c2OC1.Cl. The van der Waals surface area contributed by atoms with Gasteiger partial charge in [0.05, 0.1) is 23.9 Å². The molecule has 0 aliphatic carbocycles. The number of nitrogens with two attached hydrogens (primary N) is 1. The van der Waals surface area contributed by atoms with E-state index in [1.54, 1.807) is 7.11 Å². The van der Waals surface area contributed by atoms with E-state index in [0.29, 0.717) is 5.56 Å². The number of aromatic nitrogens is 1. The fourth-order valence-corrected chi connectivity index (χ4v) is 4.14. The number of carbonyl (C=O) groups is 1. The fraction of sp³-hybridized carbons (Fsp3) is 0.292. The molecule has 8 heteroatoms. The number of fused-ring (bicyclic) bond motifs is 2. The maximum absolute atomic E-state index is 14.1. The Bertz CT molecular complexity index is 1160. The summed E-state index contributed by atoms with van der Waals surface area (Å²) in [5, 5.41) is 1.16. The first kappa shape index (κ1) is 23.5. The molecular formula is C24H27ClFN3O3. The van der Waals surface area contributed by atoms with Gasteiger partial charge in [-0.1, -0.05) is 12.1 Å². The lowest BCUT2D eigenvalue weighted by molar-refractivity contribution is 0.0999. The molecule has 0 atom stereocenters. The number of hydrogen-bond acceptors (Lipinski definition) is 4. The van der Waals surface area contributed by atoms with Gasteiger partial charge in [-0.15, -0.1) is 12.4 Å². The molecule has 0 spiro atoms. The van der Waals surface area contributed by atoms with Gasteiger partial charge in [0.15, 0.2) is 11.6 Å². The lowest BCUT2D eigenvalue weighted by atomic mass is 10.0. The Morgan fingerprint density at radius 2 is 2.12 bits per heavy atom. The average Bonchev–Trinajstić information content (AvgIpc) is 3.19. The zero-order valence-corrected chi connectivity index (χ0v) is 18.9. The number of halogens is 2. The summed E-state index contributed by atoms with van der Waals surface area (Å²) >= 11 is 0. The van der Waals surface area contributed by atoms with Crippen molar-refractivity contribution in [3.8, 4) is 11.5 Å². The molecule has 0 bridgehead atoms. The van der Waals surface area contributed by atoms with Crippen molar-refractivity contribution in [2.45, 2.75) is 19.8 Å². The summed E-state index contributed by atoms with van der Waals surface area (Å²) in [4.78, 5) is 17.3. The first-order valence-electron chi connectivity index (χ1n) is 10.4. The van der Waals surface area contributed by atoms with Crippen LogP contribution in [0.4, 0.5) is 4.39 Å².